The lowest BCUT2D eigenvalue weighted by Crippen LogP contribution is -2.54. The molecule has 3 aliphatic carbocycles. The Kier molecular flexibility index (Phi) is 3.86. The molecule has 1 fully saturated rings. The highest BCUT2D eigenvalue weighted by Gasteiger charge is 2.68. The van der Waals surface area contributed by atoms with Gasteiger partial charge in [-0.15, -0.1) is 5.16 Å². The van der Waals surface area contributed by atoms with Crippen molar-refractivity contribution < 1.29 is 19.7 Å². The van der Waals surface area contributed by atoms with Crippen LogP contribution in [0.15, 0.2) is 78.0 Å². The van der Waals surface area contributed by atoms with E-state index in [1.807, 2.05) is 48.5 Å². The van der Waals surface area contributed by atoms with Crippen molar-refractivity contribution in [3.8, 4) is 0 Å². The van der Waals surface area contributed by atoms with Gasteiger partial charge in [0.05, 0.1) is 28.4 Å². The fourth-order valence-electron chi connectivity index (χ4n) is 6.19. The third kappa shape index (κ3) is 2.22. The van der Waals surface area contributed by atoms with Crippen LogP contribution in [-0.4, -0.2) is 28.2 Å². The van der Waals surface area contributed by atoms with E-state index in [1.54, 1.807) is 6.07 Å². The number of nitro benzene ring substituents is 1. The predicted molar refractivity (Wildman–Crippen MR) is 118 cm³/mol. The third-order valence-electron chi connectivity index (χ3n) is 7.26. The Hall–Kier alpha value is -4.33. The topological polar surface area (TPSA) is 113 Å². The summed E-state index contributed by atoms with van der Waals surface area (Å²) in [4.78, 5) is 39.8. The van der Waals surface area contributed by atoms with Gasteiger partial charge in [-0.3, -0.25) is 19.7 Å². The van der Waals surface area contributed by atoms with Crippen molar-refractivity contribution in [3.05, 3.63) is 105 Å². The third-order valence-corrected chi connectivity index (χ3v) is 7.26. The molecule has 1 aliphatic heterocycles. The zero-order valence-electron chi connectivity index (χ0n) is 17.2. The molecule has 0 radical (unpaired) electrons. The van der Waals surface area contributed by atoms with Crippen molar-refractivity contribution in [2.24, 2.45) is 17.0 Å². The van der Waals surface area contributed by atoms with Gasteiger partial charge in [0.2, 0.25) is 11.8 Å². The number of amides is 2. The summed E-state index contributed by atoms with van der Waals surface area (Å²) >= 11 is 0. The molecule has 2 amide bonds. The standard InChI is InChI=1S/C25H17N3O5/c29-23-21-20-14-7-1-3-9-16(14)25(13-26-31,17-10-4-2-8-15(17)20)22(21)24(30)27(23)18-11-5-6-12-19(18)28(32)33/h1-13,20-22,31H/b26-13-/t20?,21-,22+,25?/m1/s1. The Balaban J connectivity index is 1.66. The van der Waals surface area contributed by atoms with E-state index in [4.69, 9.17) is 0 Å². The van der Waals surface area contributed by atoms with Crippen molar-refractivity contribution >= 4 is 29.4 Å². The molecule has 8 heteroatoms. The summed E-state index contributed by atoms with van der Waals surface area (Å²) in [6.45, 7) is 0. The fourth-order valence-corrected chi connectivity index (χ4v) is 6.19. The van der Waals surface area contributed by atoms with Crippen molar-refractivity contribution in [2.75, 3.05) is 4.90 Å². The first-order valence-electron chi connectivity index (χ1n) is 10.5. The van der Waals surface area contributed by atoms with Crippen molar-refractivity contribution in [1.29, 1.82) is 0 Å². The van der Waals surface area contributed by atoms with Crippen LogP contribution in [0.25, 0.3) is 0 Å². The molecule has 3 aromatic carbocycles. The molecule has 7 rings (SSSR count). The van der Waals surface area contributed by atoms with Gasteiger partial charge < -0.3 is 5.21 Å². The number of nitro groups is 1. The van der Waals surface area contributed by atoms with E-state index in [1.165, 1.54) is 24.4 Å². The zero-order chi connectivity index (χ0) is 22.9. The quantitative estimate of drug-likeness (QED) is 0.220. The monoisotopic (exact) mass is 439 g/mol. The molecule has 1 saturated heterocycles. The first-order chi connectivity index (χ1) is 16.0. The molecule has 3 aromatic rings. The molecule has 0 saturated carbocycles. The minimum absolute atomic E-state index is 0.0458. The Bertz CT molecular complexity index is 1350. The van der Waals surface area contributed by atoms with Gasteiger partial charge in [0.15, 0.2) is 0 Å². The van der Waals surface area contributed by atoms with Crippen LogP contribution in [0.4, 0.5) is 11.4 Å². The van der Waals surface area contributed by atoms with Crippen molar-refractivity contribution in [2.45, 2.75) is 11.3 Å². The summed E-state index contributed by atoms with van der Waals surface area (Å²) in [5.41, 5.74) is 1.86. The molecule has 8 nitrogen and oxygen atoms in total. The molecule has 4 aliphatic rings. The zero-order valence-corrected chi connectivity index (χ0v) is 17.2. The van der Waals surface area contributed by atoms with Crippen LogP contribution in [0.1, 0.15) is 28.2 Å². The van der Waals surface area contributed by atoms with Gasteiger partial charge in [0.1, 0.15) is 5.69 Å². The van der Waals surface area contributed by atoms with Crippen molar-refractivity contribution in [3.63, 3.8) is 0 Å². The summed E-state index contributed by atoms with van der Waals surface area (Å²) in [6.07, 6.45) is 1.34. The van der Waals surface area contributed by atoms with Gasteiger partial charge in [-0.25, -0.2) is 4.90 Å². The number of nitrogens with zero attached hydrogens (tertiary/aromatic N) is 3. The number of imide groups is 1. The predicted octanol–water partition coefficient (Wildman–Crippen LogP) is 3.61. The second-order valence-electron chi connectivity index (χ2n) is 8.53. The molecular weight excluding hydrogens is 422 g/mol. The maximum atomic E-state index is 14.0. The van der Waals surface area contributed by atoms with Crippen LogP contribution in [0.5, 0.6) is 0 Å². The Morgan fingerprint density at radius 1 is 0.909 bits per heavy atom. The highest BCUT2D eigenvalue weighted by atomic mass is 16.6. The first-order valence-corrected chi connectivity index (χ1v) is 10.5. The number of anilines is 1. The summed E-state index contributed by atoms with van der Waals surface area (Å²) in [6, 6.07) is 20.8. The van der Waals surface area contributed by atoms with Crippen LogP contribution in [0, 0.1) is 22.0 Å². The summed E-state index contributed by atoms with van der Waals surface area (Å²) in [7, 11) is 0. The molecule has 2 bridgehead atoms. The lowest BCUT2D eigenvalue weighted by Gasteiger charge is -2.52. The van der Waals surface area contributed by atoms with E-state index in [0.717, 1.165) is 27.2 Å². The van der Waals surface area contributed by atoms with Crippen LogP contribution >= 0.6 is 0 Å². The van der Waals surface area contributed by atoms with Gasteiger partial charge in [0.25, 0.3) is 5.69 Å². The summed E-state index contributed by atoms with van der Waals surface area (Å²) in [5.74, 6) is -3.08. The summed E-state index contributed by atoms with van der Waals surface area (Å²) < 4.78 is 0. The van der Waals surface area contributed by atoms with Gasteiger partial charge in [-0.1, -0.05) is 60.7 Å². The number of rotatable bonds is 3. The van der Waals surface area contributed by atoms with Crippen LogP contribution < -0.4 is 4.90 Å². The first kappa shape index (κ1) is 19.4. The average molecular weight is 439 g/mol. The van der Waals surface area contributed by atoms with E-state index in [-0.39, 0.29) is 17.3 Å². The molecule has 0 aromatic heterocycles. The maximum absolute atomic E-state index is 14.0. The Morgan fingerprint density at radius 2 is 1.48 bits per heavy atom. The number of benzene rings is 3. The molecule has 1 heterocycles. The SMILES string of the molecule is O=C1[C@@H]2C3c4ccccc4C(/C=N\O)(c4ccccc43)[C@@H]2C(=O)N1c1ccccc1[N+](=O)[O-]. The second-order valence-corrected chi connectivity index (χ2v) is 8.53. The van der Waals surface area contributed by atoms with E-state index in [2.05, 4.69) is 5.16 Å². The number of carbonyl (C=O) groups is 2. The second kappa shape index (κ2) is 6.59. The number of hydrogen-bond donors (Lipinski definition) is 1. The molecule has 0 spiro atoms. The Labute approximate surface area is 187 Å². The number of oxime groups is 1. The number of hydrogen-bond acceptors (Lipinski definition) is 6. The highest BCUT2D eigenvalue weighted by Crippen LogP contribution is 2.63. The largest absolute Gasteiger partial charge is 0.411 e. The minimum Gasteiger partial charge on any atom is -0.411 e. The van der Waals surface area contributed by atoms with Gasteiger partial charge >= 0.3 is 0 Å². The molecule has 0 unspecified atom stereocenters. The normalized spacial score (nSPS) is 26.9. The number of para-hydroxylation sites is 2. The highest BCUT2D eigenvalue weighted by molar-refractivity contribution is 6.25. The van der Waals surface area contributed by atoms with Gasteiger partial charge in [0, 0.05) is 12.0 Å². The Morgan fingerprint density at radius 3 is 2.09 bits per heavy atom. The van der Waals surface area contributed by atoms with E-state index >= 15 is 0 Å². The summed E-state index contributed by atoms with van der Waals surface area (Å²) in [5, 5.41) is 24.8. The van der Waals surface area contributed by atoms with Crippen LogP contribution in [0.3, 0.4) is 0 Å². The maximum Gasteiger partial charge on any atom is 0.293 e. The van der Waals surface area contributed by atoms with E-state index in [9.17, 15) is 24.9 Å². The minimum atomic E-state index is -1.17. The van der Waals surface area contributed by atoms with Gasteiger partial charge in [-0.05, 0) is 28.3 Å². The average Bonchev–Trinajstić information content (AvgIpc) is 3.10. The van der Waals surface area contributed by atoms with E-state index in [0.29, 0.717) is 0 Å². The lowest BCUT2D eigenvalue weighted by molar-refractivity contribution is -0.384. The smallest absolute Gasteiger partial charge is 0.293 e. The number of carbonyl (C=O) groups excluding carboxylic acids is 2. The van der Waals surface area contributed by atoms with Crippen LogP contribution in [0.2, 0.25) is 0 Å². The van der Waals surface area contributed by atoms with E-state index < -0.39 is 34.0 Å². The van der Waals surface area contributed by atoms with Crippen molar-refractivity contribution in [1.82, 2.24) is 0 Å². The lowest BCUT2D eigenvalue weighted by atomic mass is 9.47. The molecule has 33 heavy (non-hydrogen) atoms. The fraction of sp³-hybridized carbons (Fsp3) is 0.160. The molecule has 1 N–H and O–H groups in total. The molecule has 2 atom stereocenters. The molecular formula is C25H17N3O5. The molecule has 162 valence electrons. The van der Waals surface area contributed by atoms with Crippen LogP contribution in [-0.2, 0) is 15.0 Å². The van der Waals surface area contributed by atoms with Gasteiger partial charge in [-0.2, -0.15) is 0 Å².